The molecule has 1 aromatic heterocycles. The van der Waals surface area contributed by atoms with Crippen molar-refractivity contribution in [3.63, 3.8) is 0 Å². The molecular formula is C18H25BrN2O+2. The van der Waals surface area contributed by atoms with Crippen LogP contribution in [0.1, 0.15) is 43.4 Å². The van der Waals surface area contributed by atoms with E-state index in [1.165, 1.54) is 37.0 Å². The highest BCUT2D eigenvalue weighted by atomic mass is 79.9. The molecule has 0 aliphatic heterocycles. The van der Waals surface area contributed by atoms with Gasteiger partial charge in [-0.25, -0.2) is 4.98 Å². The van der Waals surface area contributed by atoms with Gasteiger partial charge in [0, 0.05) is 17.5 Å². The van der Waals surface area contributed by atoms with Gasteiger partial charge in [-0.1, -0.05) is 22.4 Å². The number of benzene rings is 1. The van der Waals surface area contributed by atoms with Gasteiger partial charge in [-0.15, -0.1) is 0 Å². The molecule has 3 N–H and O–H groups in total. The van der Waals surface area contributed by atoms with Crippen LogP contribution in [-0.4, -0.2) is 18.2 Å². The Kier molecular flexibility index (Phi) is 4.69. The first kappa shape index (κ1) is 15.8. The minimum atomic E-state index is 0.433. The zero-order valence-corrected chi connectivity index (χ0v) is 15.0. The molecule has 0 radical (unpaired) electrons. The highest BCUT2D eigenvalue weighted by Crippen LogP contribution is 2.29. The molecule has 2 aromatic rings. The number of halogens is 1. The third-order valence-corrected chi connectivity index (χ3v) is 5.55. The second-order valence-electron chi connectivity index (χ2n) is 6.63. The summed E-state index contributed by atoms with van der Waals surface area (Å²) >= 11 is 3.49. The topological polar surface area (TPSA) is 38.8 Å². The fourth-order valence-corrected chi connectivity index (χ4v) is 4.03. The van der Waals surface area contributed by atoms with Crippen molar-refractivity contribution in [2.45, 2.75) is 51.6 Å². The molecule has 1 aliphatic carbocycles. The first-order valence-electron chi connectivity index (χ1n) is 8.21. The van der Waals surface area contributed by atoms with E-state index < -0.39 is 0 Å². The van der Waals surface area contributed by atoms with Crippen LogP contribution in [0.4, 0.5) is 0 Å². The maximum Gasteiger partial charge on any atom is 0.214 e. The van der Waals surface area contributed by atoms with Crippen molar-refractivity contribution < 1.29 is 15.0 Å². The Morgan fingerprint density at radius 2 is 2.00 bits per heavy atom. The summed E-state index contributed by atoms with van der Waals surface area (Å²) in [4.78, 5) is 4.96. The number of aryl methyl sites for hydroxylation is 1. The third kappa shape index (κ3) is 3.13. The standard InChI is InChI=1S/C18H23BrN2O/c1-12-16(11-21(2)14-6-4-3-5-7-14)18(22)15-10-13(19)8-9-17(15)20-12/h8-10,14H,3-7,11H2,1-2H3,(H,20,22)/p+2. The lowest BCUT2D eigenvalue weighted by Crippen LogP contribution is -3.11. The first-order chi connectivity index (χ1) is 10.6. The van der Waals surface area contributed by atoms with E-state index >= 15 is 0 Å². The van der Waals surface area contributed by atoms with Crippen LogP contribution >= 0.6 is 15.9 Å². The zero-order valence-electron chi connectivity index (χ0n) is 13.4. The molecule has 1 unspecified atom stereocenters. The van der Waals surface area contributed by atoms with E-state index in [2.05, 4.69) is 34.9 Å². The van der Waals surface area contributed by atoms with E-state index in [1.807, 2.05) is 18.2 Å². The van der Waals surface area contributed by atoms with Crippen molar-refractivity contribution in [1.29, 1.82) is 0 Å². The molecule has 0 saturated heterocycles. The van der Waals surface area contributed by atoms with Crippen LogP contribution < -0.4 is 9.88 Å². The molecule has 22 heavy (non-hydrogen) atoms. The van der Waals surface area contributed by atoms with E-state index in [4.69, 9.17) is 0 Å². The van der Waals surface area contributed by atoms with Gasteiger partial charge in [0.1, 0.15) is 17.9 Å². The van der Waals surface area contributed by atoms with Crippen LogP contribution in [0, 0.1) is 6.92 Å². The van der Waals surface area contributed by atoms with Gasteiger partial charge in [-0.2, -0.15) is 0 Å². The number of hydrogen-bond donors (Lipinski definition) is 2. The molecule has 0 amide bonds. The van der Waals surface area contributed by atoms with Gasteiger partial charge in [0.05, 0.1) is 18.5 Å². The lowest BCUT2D eigenvalue weighted by atomic mass is 9.94. The first-order valence-corrected chi connectivity index (χ1v) is 9.01. The van der Waals surface area contributed by atoms with Crippen molar-refractivity contribution in [3.05, 3.63) is 33.9 Å². The number of aromatic hydroxyl groups is 1. The average Bonchev–Trinajstić information content (AvgIpc) is 2.53. The number of quaternary nitrogens is 1. The smallest absolute Gasteiger partial charge is 0.214 e. The predicted molar refractivity (Wildman–Crippen MR) is 92.1 cm³/mol. The van der Waals surface area contributed by atoms with Gasteiger partial charge >= 0.3 is 0 Å². The largest absolute Gasteiger partial charge is 0.506 e. The summed E-state index contributed by atoms with van der Waals surface area (Å²) < 4.78 is 0.992. The number of nitrogens with one attached hydrogen (secondary N) is 2. The van der Waals surface area contributed by atoms with Crippen molar-refractivity contribution in [2.24, 2.45) is 0 Å². The van der Waals surface area contributed by atoms with Crippen LogP contribution in [0.15, 0.2) is 22.7 Å². The number of rotatable bonds is 3. The molecule has 1 fully saturated rings. The number of pyridine rings is 1. The van der Waals surface area contributed by atoms with E-state index in [1.54, 1.807) is 0 Å². The lowest BCUT2D eigenvalue weighted by molar-refractivity contribution is -0.921. The molecule has 1 aliphatic rings. The van der Waals surface area contributed by atoms with E-state index in [9.17, 15) is 5.11 Å². The molecule has 3 nitrogen and oxygen atoms in total. The second kappa shape index (κ2) is 6.55. The Morgan fingerprint density at radius 3 is 2.73 bits per heavy atom. The Morgan fingerprint density at radius 1 is 1.27 bits per heavy atom. The molecule has 1 saturated carbocycles. The third-order valence-electron chi connectivity index (χ3n) is 5.06. The molecule has 0 spiro atoms. The van der Waals surface area contributed by atoms with E-state index in [0.717, 1.165) is 39.2 Å². The molecule has 1 aromatic carbocycles. The van der Waals surface area contributed by atoms with Crippen LogP contribution in [0.5, 0.6) is 5.75 Å². The Hall–Kier alpha value is -1.13. The highest BCUT2D eigenvalue weighted by molar-refractivity contribution is 9.10. The zero-order chi connectivity index (χ0) is 15.7. The maximum atomic E-state index is 10.7. The molecule has 3 rings (SSSR count). The van der Waals surface area contributed by atoms with Crippen LogP contribution in [0.2, 0.25) is 0 Å². The Balaban J connectivity index is 1.92. The molecule has 4 heteroatoms. The highest BCUT2D eigenvalue weighted by Gasteiger charge is 2.26. The number of H-pyrrole nitrogens is 1. The Bertz CT molecular complexity index is 680. The summed E-state index contributed by atoms with van der Waals surface area (Å²) in [5, 5.41) is 11.6. The van der Waals surface area contributed by atoms with Crippen molar-refractivity contribution >= 4 is 26.8 Å². The normalized spacial score (nSPS) is 17.8. The predicted octanol–water partition coefficient (Wildman–Crippen LogP) is 2.78. The van der Waals surface area contributed by atoms with Crippen molar-refractivity contribution in [3.8, 4) is 5.75 Å². The summed E-state index contributed by atoms with van der Waals surface area (Å²) in [6, 6.07) is 6.72. The number of hydrogen-bond acceptors (Lipinski definition) is 1. The molecule has 118 valence electrons. The fraction of sp³-hybridized carbons (Fsp3) is 0.500. The molecule has 0 bridgehead atoms. The van der Waals surface area contributed by atoms with Crippen LogP contribution in [0.3, 0.4) is 0 Å². The van der Waals surface area contributed by atoms with Crippen LogP contribution in [0.25, 0.3) is 10.9 Å². The van der Waals surface area contributed by atoms with E-state index in [-0.39, 0.29) is 0 Å². The molecule has 1 heterocycles. The van der Waals surface area contributed by atoms with E-state index in [0.29, 0.717) is 5.75 Å². The SMILES string of the molecule is Cc1[nH+]c2ccc(Br)cc2c(O)c1C[NH+](C)C1CCCCC1. The van der Waals surface area contributed by atoms with Crippen molar-refractivity contribution in [2.75, 3.05) is 7.05 Å². The summed E-state index contributed by atoms with van der Waals surface area (Å²) in [6.45, 7) is 2.94. The average molecular weight is 365 g/mol. The fourth-order valence-electron chi connectivity index (χ4n) is 3.67. The molecular weight excluding hydrogens is 340 g/mol. The van der Waals surface area contributed by atoms with Gasteiger partial charge in [-0.3, -0.25) is 0 Å². The van der Waals surface area contributed by atoms with Gasteiger partial charge in [0.25, 0.3) is 0 Å². The number of aromatic amines is 1. The monoisotopic (exact) mass is 364 g/mol. The van der Waals surface area contributed by atoms with Crippen LogP contribution in [-0.2, 0) is 6.54 Å². The van der Waals surface area contributed by atoms with Gasteiger partial charge in [0.2, 0.25) is 5.52 Å². The summed E-state index contributed by atoms with van der Waals surface area (Å²) in [7, 11) is 2.26. The number of fused-ring (bicyclic) bond motifs is 1. The van der Waals surface area contributed by atoms with Crippen molar-refractivity contribution in [1.82, 2.24) is 0 Å². The number of aromatic nitrogens is 1. The summed E-state index contributed by atoms with van der Waals surface area (Å²) in [5.74, 6) is 0.433. The second-order valence-corrected chi connectivity index (χ2v) is 7.54. The van der Waals surface area contributed by atoms with Gasteiger partial charge in [0.15, 0.2) is 5.69 Å². The van der Waals surface area contributed by atoms with Gasteiger partial charge < -0.3 is 10.0 Å². The minimum Gasteiger partial charge on any atom is -0.506 e. The molecule has 1 atom stereocenters. The summed E-state index contributed by atoms with van der Waals surface area (Å²) in [6.07, 6.45) is 6.71. The maximum absolute atomic E-state index is 10.7. The minimum absolute atomic E-state index is 0.433. The summed E-state index contributed by atoms with van der Waals surface area (Å²) in [5.41, 5.74) is 3.11. The quantitative estimate of drug-likeness (QED) is 0.863. The lowest BCUT2D eigenvalue weighted by Gasteiger charge is -2.28. The van der Waals surface area contributed by atoms with Gasteiger partial charge in [-0.05, 0) is 37.8 Å². The Labute approximate surface area is 140 Å².